The number of aryl methyl sites for hydroxylation is 1. The molecule has 2 aliphatic heterocycles. The molecule has 0 saturated carbocycles. The molecule has 40 heavy (non-hydrogen) atoms. The zero-order chi connectivity index (χ0) is 29.3. The van der Waals surface area contributed by atoms with E-state index < -0.39 is 48.5 Å². The van der Waals surface area contributed by atoms with Gasteiger partial charge < -0.3 is 19.9 Å². The molecule has 17 heteroatoms. The normalized spacial score (nSPS) is 21.1. The number of nitrogens with zero attached hydrogens (tertiary/aromatic N) is 3. The first-order valence-corrected chi connectivity index (χ1v) is 15.4. The van der Waals surface area contributed by atoms with Crippen LogP contribution in [0, 0.1) is 0 Å². The van der Waals surface area contributed by atoms with Gasteiger partial charge in [-0.25, -0.2) is 21.6 Å². The van der Waals surface area contributed by atoms with Gasteiger partial charge in [0.2, 0.25) is 20.0 Å². The van der Waals surface area contributed by atoms with Crippen LogP contribution < -0.4 is 14.8 Å². The maximum atomic E-state index is 13.3. The van der Waals surface area contributed by atoms with Crippen molar-refractivity contribution in [3.05, 3.63) is 36.2 Å². The van der Waals surface area contributed by atoms with Crippen molar-refractivity contribution in [1.82, 2.24) is 24.1 Å². The molecule has 2 unspecified atom stereocenters. The average molecular weight is 612 g/mol. The van der Waals surface area contributed by atoms with Gasteiger partial charge in [0.25, 0.3) is 0 Å². The number of sulfonamides is 2. The standard InChI is InChI=1S/C23H32F3N5O7S2/c1-27-39(33,34)19-5-3-4-18(10-19)37-15-17(32)12-28-16-11-22(38-14-16)6-8-31(9-7-22)40(35,36)20-13-30(2)29-21(20)23(24,25)26/h3-5,10,13,16-17,27-28,32H,6-9,11-12,14-15H2,1-2H3. The van der Waals surface area contributed by atoms with E-state index in [9.17, 15) is 35.1 Å². The first kappa shape index (κ1) is 30.7. The first-order chi connectivity index (χ1) is 18.6. The number of hydrogen-bond acceptors (Lipinski definition) is 9. The number of aliphatic hydroxyl groups is 1. The molecule has 224 valence electrons. The summed E-state index contributed by atoms with van der Waals surface area (Å²) in [5.74, 6) is 0.286. The maximum absolute atomic E-state index is 13.3. The van der Waals surface area contributed by atoms with Crippen LogP contribution in [0.3, 0.4) is 0 Å². The number of aliphatic hydroxyl groups excluding tert-OH is 1. The third kappa shape index (κ3) is 6.78. The molecule has 0 aliphatic carbocycles. The summed E-state index contributed by atoms with van der Waals surface area (Å²) >= 11 is 0. The molecule has 1 spiro atoms. The zero-order valence-corrected chi connectivity index (χ0v) is 23.5. The Morgan fingerprint density at radius 3 is 2.60 bits per heavy atom. The van der Waals surface area contributed by atoms with Gasteiger partial charge in [0.05, 0.1) is 17.1 Å². The van der Waals surface area contributed by atoms with Crippen molar-refractivity contribution in [1.29, 1.82) is 0 Å². The van der Waals surface area contributed by atoms with Crippen molar-refractivity contribution in [3.8, 4) is 5.75 Å². The molecule has 3 heterocycles. The van der Waals surface area contributed by atoms with Gasteiger partial charge in [0.15, 0.2) is 5.69 Å². The lowest BCUT2D eigenvalue weighted by molar-refractivity contribution is -0.143. The first-order valence-electron chi connectivity index (χ1n) is 12.5. The molecule has 4 rings (SSSR count). The predicted octanol–water partition coefficient (Wildman–Crippen LogP) is 0.689. The van der Waals surface area contributed by atoms with Gasteiger partial charge >= 0.3 is 6.18 Å². The molecule has 2 saturated heterocycles. The monoisotopic (exact) mass is 611 g/mol. The van der Waals surface area contributed by atoms with Crippen LogP contribution in [-0.2, 0) is 38.0 Å². The van der Waals surface area contributed by atoms with E-state index in [2.05, 4.69) is 15.1 Å². The quantitative estimate of drug-likeness (QED) is 0.352. The van der Waals surface area contributed by atoms with Crippen LogP contribution in [-0.4, -0.2) is 93.7 Å². The molecular weight excluding hydrogens is 579 g/mol. The molecule has 2 atom stereocenters. The molecule has 1 aromatic heterocycles. The van der Waals surface area contributed by atoms with Crippen molar-refractivity contribution >= 4 is 20.0 Å². The van der Waals surface area contributed by atoms with Crippen LogP contribution >= 0.6 is 0 Å². The minimum Gasteiger partial charge on any atom is -0.491 e. The van der Waals surface area contributed by atoms with E-state index in [1.54, 1.807) is 6.07 Å². The Hall–Kier alpha value is -2.28. The predicted molar refractivity (Wildman–Crippen MR) is 135 cm³/mol. The van der Waals surface area contributed by atoms with Crippen LogP contribution in [0.5, 0.6) is 5.75 Å². The highest BCUT2D eigenvalue weighted by Crippen LogP contribution is 2.39. The van der Waals surface area contributed by atoms with Crippen LogP contribution in [0.15, 0.2) is 40.3 Å². The smallest absolute Gasteiger partial charge is 0.436 e. The molecule has 1 aromatic carbocycles. The van der Waals surface area contributed by atoms with Gasteiger partial charge in [-0.2, -0.15) is 22.6 Å². The number of hydrogen-bond donors (Lipinski definition) is 3. The van der Waals surface area contributed by atoms with Crippen molar-refractivity contribution < 1.29 is 44.6 Å². The van der Waals surface area contributed by atoms with Crippen molar-refractivity contribution in [2.75, 3.05) is 39.9 Å². The van der Waals surface area contributed by atoms with E-state index in [1.807, 2.05) is 0 Å². The lowest BCUT2D eigenvalue weighted by atomic mass is 9.88. The molecule has 2 aliphatic rings. The maximum Gasteiger partial charge on any atom is 0.436 e. The largest absolute Gasteiger partial charge is 0.491 e. The van der Waals surface area contributed by atoms with E-state index in [4.69, 9.17) is 9.47 Å². The highest BCUT2D eigenvalue weighted by molar-refractivity contribution is 7.89. The second kappa shape index (κ2) is 11.5. The van der Waals surface area contributed by atoms with E-state index >= 15 is 0 Å². The van der Waals surface area contributed by atoms with Gasteiger partial charge in [-0.05, 0) is 38.4 Å². The Labute approximate surface area is 230 Å². The van der Waals surface area contributed by atoms with E-state index in [0.29, 0.717) is 25.9 Å². The van der Waals surface area contributed by atoms with Gasteiger partial charge in [0, 0.05) is 45.0 Å². The third-order valence-corrected chi connectivity index (χ3v) is 10.3. The number of benzene rings is 1. The molecule has 2 aromatic rings. The number of alkyl halides is 3. The van der Waals surface area contributed by atoms with E-state index in [-0.39, 0.29) is 42.9 Å². The topological polar surface area (TPSA) is 152 Å². The molecule has 3 N–H and O–H groups in total. The van der Waals surface area contributed by atoms with Crippen LogP contribution in [0.2, 0.25) is 0 Å². The Morgan fingerprint density at radius 1 is 1.25 bits per heavy atom. The summed E-state index contributed by atoms with van der Waals surface area (Å²) in [5.41, 5.74) is -2.05. The molecule has 0 amide bonds. The van der Waals surface area contributed by atoms with Crippen LogP contribution in [0.1, 0.15) is 25.0 Å². The molecule has 0 radical (unpaired) electrons. The number of aromatic nitrogens is 2. The highest BCUT2D eigenvalue weighted by Gasteiger charge is 2.47. The minimum atomic E-state index is -4.90. The Bertz CT molecular complexity index is 1410. The SMILES string of the molecule is CNS(=O)(=O)c1cccc(OCC(O)CNC2COC3(CCN(S(=O)(=O)c4cn(C)nc4C(F)(F)F)CC3)C2)c1. The second-order valence-electron chi connectivity index (χ2n) is 9.87. The lowest BCUT2D eigenvalue weighted by Gasteiger charge is -2.38. The summed E-state index contributed by atoms with van der Waals surface area (Å²) in [6.07, 6.45) is -3.78. The summed E-state index contributed by atoms with van der Waals surface area (Å²) in [4.78, 5) is -0.828. The summed E-state index contributed by atoms with van der Waals surface area (Å²) in [5, 5.41) is 16.8. The second-order valence-corrected chi connectivity index (χ2v) is 13.7. The summed E-state index contributed by atoms with van der Waals surface area (Å²) in [6.45, 7) is 0.404. The summed E-state index contributed by atoms with van der Waals surface area (Å²) < 4.78 is 106. The molecular formula is C23H32F3N5O7S2. The fourth-order valence-electron chi connectivity index (χ4n) is 4.85. The van der Waals surface area contributed by atoms with Gasteiger partial charge in [-0.1, -0.05) is 6.07 Å². The van der Waals surface area contributed by atoms with Crippen LogP contribution in [0.25, 0.3) is 0 Å². The number of nitrogens with one attached hydrogen (secondary N) is 2. The number of piperidine rings is 1. The molecule has 12 nitrogen and oxygen atoms in total. The number of ether oxygens (including phenoxy) is 2. The van der Waals surface area contributed by atoms with Crippen molar-refractivity contribution in [3.63, 3.8) is 0 Å². The average Bonchev–Trinajstić information content (AvgIpc) is 3.50. The summed E-state index contributed by atoms with van der Waals surface area (Å²) in [7, 11) is -5.50. The molecule has 0 bridgehead atoms. The summed E-state index contributed by atoms with van der Waals surface area (Å²) in [6, 6.07) is 5.75. The van der Waals surface area contributed by atoms with Gasteiger partial charge in [-0.3, -0.25) is 4.68 Å². The number of rotatable bonds is 10. The van der Waals surface area contributed by atoms with Gasteiger partial charge in [-0.15, -0.1) is 0 Å². The zero-order valence-electron chi connectivity index (χ0n) is 21.9. The van der Waals surface area contributed by atoms with Gasteiger partial charge in [0.1, 0.15) is 23.4 Å². The Morgan fingerprint density at radius 2 is 1.95 bits per heavy atom. The highest BCUT2D eigenvalue weighted by atomic mass is 32.2. The van der Waals surface area contributed by atoms with E-state index in [1.165, 1.54) is 32.3 Å². The molecule has 2 fully saturated rings. The fourth-order valence-corrected chi connectivity index (χ4v) is 7.24. The number of halogens is 3. The third-order valence-electron chi connectivity index (χ3n) is 6.99. The van der Waals surface area contributed by atoms with Crippen LogP contribution in [0.4, 0.5) is 13.2 Å². The Kier molecular flexibility index (Phi) is 8.85. The van der Waals surface area contributed by atoms with E-state index in [0.717, 1.165) is 15.2 Å². The fraction of sp³-hybridized carbons (Fsp3) is 0.609. The minimum absolute atomic E-state index is 0.0000445. The lowest BCUT2D eigenvalue weighted by Crippen LogP contribution is -2.47. The van der Waals surface area contributed by atoms with Crippen molar-refractivity contribution in [2.45, 2.75) is 53.0 Å². The van der Waals surface area contributed by atoms with Crippen molar-refractivity contribution in [2.24, 2.45) is 7.05 Å². The Balaban J connectivity index is 1.26.